The highest BCUT2D eigenvalue weighted by Gasteiger charge is 2.06. The minimum Gasteiger partial charge on any atom is -0.396 e. The molecule has 0 saturated heterocycles. The molecule has 0 heterocycles. The van der Waals surface area contributed by atoms with Crippen molar-refractivity contribution in [2.75, 3.05) is 6.61 Å². The van der Waals surface area contributed by atoms with Gasteiger partial charge in [-0.3, -0.25) is 0 Å². The second-order valence-electron chi connectivity index (χ2n) is 5.62. The van der Waals surface area contributed by atoms with Crippen LogP contribution in [0.25, 0.3) is 0 Å². The number of rotatable bonds is 12. The molecule has 108 valence electrons. The van der Waals surface area contributed by atoms with Crippen LogP contribution in [0.1, 0.15) is 65.2 Å². The molecule has 0 rings (SSSR count). The molecule has 0 aromatic carbocycles. The third-order valence-corrected chi connectivity index (χ3v) is 3.48. The fraction of sp³-hybridized carbons (Fsp3) is 0.933. The molecule has 2 N–H and O–H groups in total. The summed E-state index contributed by atoms with van der Waals surface area (Å²) in [6.07, 6.45) is 8.65. The Hall–Kier alpha value is -0.410. The highest BCUT2D eigenvalue weighted by molar-refractivity contribution is 5.52. The molecule has 0 bridgehead atoms. The number of aldehydes is 1. The van der Waals surface area contributed by atoms with Gasteiger partial charge in [0.1, 0.15) is 6.29 Å². The molecule has 0 aliphatic rings. The zero-order chi connectivity index (χ0) is 13.8. The molecule has 0 spiro atoms. The predicted octanol–water partition coefficient (Wildman–Crippen LogP) is 2.93. The molecule has 0 fully saturated rings. The van der Waals surface area contributed by atoms with E-state index in [4.69, 9.17) is 5.11 Å². The molecule has 0 aromatic rings. The van der Waals surface area contributed by atoms with Crippen LogP contribution in [0.4, 0.5) is 0 Å². The molecule has 0 aliphatic carbocycles. The largest absolute Gasteiger partial charge is 0.396 e. The third-order valence-electron chi connectivity index (χ3n) is 3.48. The first-order valence-electron chi connectivity index (χ1n) is 7.34. The number of aliphatic hydroxyl groups excluding tert-OH is 2. The summed E-state index contributed by atoms with van der Waals surface area (Å²) in [5, 5.41) is 18.7. The maximum absolute atomic E-state index is 10.4. The summed E-state index contributed by atoms with van der Waals surface area (Å²) in [7, 11) is 0. The smallest absolute Gasteiger partial charge is 0.122 e. The first kappa shape index (κ1) is 17.6. The van der Waals surface area contributed by atoms with Crippen molar-refractivity contribution in [1.82, 2.24) is 0 Å². The molecule has 3 atom stereocenters. The second-order valence-corrected chi connectivity index (χ2v) is 5.62. The van der Waals surface area contributed by atoms with Crippen LogP contribution in [0.5, 0.6) is 0 Å². The van der Waals surface area contributed by atoms with Crippen molar-refractivity contribution in [2.45, 2.75) is 71.3 Å². The summed E-state index contributed by atoms with van der Waals surface area (Å²) in [6, 6.07) is 0. The standard InChI is InChI=1S/C15H30O3/c1-13(11-16)7-3-5-9-15(18)10-6-4-8-14(2)12-17/h11,13-15,17-18H,3-10,12H2,1-2H3. The van der Waals surface area contributed by atoms with Crippen molar-refractivity contribution in [2.24, 2.45) is 11.8 Å². The summed E-state index contributed by atoms with van der Waals surface area (Å²) in [6.45, 7) is 4.24. The van der Waals surface area contributed by atoms with Crippen LogP contribution in [-0.4, -0.2) is 29.2 Å². The van der Waals surface area contributed by atoms with Gasteiger partial charge in [0.05, 0.1) is 6.10 Å². The van der Waals surface area contributed by atoms with Crippen LogP contribution in [0.2, 0.25) is 0 Å². The number of hydrogen-bond acceptors (Lipinski definition) is 3. The Morgan fingerprint density at radius 1 is 0.944 bits per heavy atom. The lowest BCUT2D eigenvalue weighted by molar-refractivity contribution is -0.110. The Balaban J connectivity index is 3.32. The zero-order valence-electron chi connectivity index (χ0n) is 12.0. The number of carbonyl (C=O) groups is 1. The summed E-state index contributed by atoms with van der Waals surface area (Å²) in [5.74, 6) is 0.536. The maximum atomic E-state index is 10.4. The first-order valence-corrected chi connectivity index (χ1v) is 7.34. The number of carbonyl (C=O) groups excluding carboxylic acids is 1. The van der Waals surface area contributed by atoms with Gasteiger partial charge in [0.2, 0.25) is 0 Å². The van der Waals surface area contributed by atoms with E-state index in [0.29, 0.717) is 5.92 Å². The van der Waals surface area contributed by atoms with Gasteiger partial charge >= 0.3 is 0 Å². The second kappa shape index (κ2) is 11.7. The fourth-order valence-electron chi connectivity index (χ4n) is 2.02. The van der Waals surface area contributed by atoms with E-state index in [1.54, 1.807) is 0 Å². The Morgan fingerprint density at radius 2 is 1.44 bits per heavy atom. The van der Waals surface area contributed by atoms with E-state index in [1.165, 1.54) is 0 Å². The normalized spacial score (nSPS) is 16.2. The minimum atomic E-state index is -0.194. The zero-order valence-corrected chi connectivity index (χ0v) is 12.0. The highest BCUT2D eigenvalue weighted by atomic mass is 16.3. The molecule has 3 heteroatoms. The Morgan fingerprint density at radius 3 is 1.94 bits per heavy atom. The van der Waals surface area contributed by atoms with E-state index in [2.05, 4.69) is 0 Å². The van der Waals surface area contributed by atoms with Crippen LogP contribution in [0.3, 0.4) is 0 Å². The van der Waals surface area contributed by atoms with Crippen molar-refractivity contribution < 1.29 is 15.0 Å². The molecule has 0 saturated carbocycles. The highest BCUT2D eigenvalue weighted by Crippen LogP contribution is 2.14. The Kier molecular flexibility index (Phi) is 11.4. The van der Waals surface area contributed by atoms with Crippen molar-refractivity contribution in [3.8, 4) is 0 Å². The van der Waals surface area contributed by atoms with Gasteiger partial charge in [-0.2, -0.15) is 0 Å². The van der Waals surface area contributed by atoms with Crippen LogP contribution in [0.15, 0.2) is 0 Å². The molecule has 3 nitrogen and oxygen atoms in total. The molecular formula is C15H30O3. The van der Waals surface area contributed by atoms with E-state index in [1.807, 2.05) is 13.8 Å². The quantitative estimate of drug-likeness (QED) is 0.418. The molecule has 0 radical (unpaired) electrons. The first-order chi connectivity index (χ1) is 8.60. The number of unbranched alkanes of at least 4 members (excludes halogenated alkanes) is 2. The lowest BCUT2D eigenvalue weighted by Gasteiger charge is -2.12. The van der Waals surface area contributed by atoms with Gasteiger partial charge in [-0.25, -0.2) is 0 Å². The van der Waals surface area contributed by atoms with E-state index >= 15 is 0 Å². The number of aliphatic hydroxyl groups is 2. The summed E-state index contributed by atoms with van der Waals surface area (Å²) >= 11 is 0. The van der Waals surface area contributed by atoms with E-state index < -0.39 is 0 Å². The van der Waals surface area contributed by atoms with Crippen LogP contribution in [-0.2, 0) is 4.79 Å². The SMILES string of the molecule is CC(C=O)CCCCC(O)CCCCC(C)CO. The average Bonchev–Trinajstić information content (AvgIpc) is 2.38. The molecule has 0 aliphatic heterocycles. The van der Waals surface area contributed by atoms with Gasteiger partial charge in [-0.05, 0) is 31.6 Å². The van der Waals surface area contributed by atoms with E-state index in [9.17, 15) is 9.90 Å². The average molecular weight is 258 g/mol. The number of hydrogen-bond donors (Lipinski definition) is 2. The molecule has 3 unspecified atom stereocenters. The monoisotopic (exact) mass is 258 g/mol. The molecule has 18 heavy (non-hydrogen) atoms. The van der Waals surface area contributed by atoms with Gasteiger partial charge in [-0.15, -0.1) is 0 Å². The van der Waals surface area contributed by atoms with E-state index in [-0.39, 0.29) is 18.6 Å². The maximum Gasteiger partial charge on any atom is 0.122 e. The molecular weight excluding hydrogens is 228 g/mol. The third kappa shape index (κ3) is 10.7. The van der Waals surface area contributed by atoms with Gasteiger partial charge in [-0.1, -0.05) is 39.5 Å². The van der Waals surface area contributed by atoms with Crippen LogP contribution >= 0.6 is 0 Å². The lowest BCUT2D eigenvalue weighted by atomic mass is 9.99. The van der Waals surface area contributed by atoms with Crippen molar-refractivity contribution in [1.29, 1.82) is 0 Å². The van der Waals surface area contributed by atoms with Gasteiger partial charge in [0.15, 0.2) is 0 Å². The van der Waals surface area contributed by atoms with Crippen molar-refractivity contribution in [3.63, 3.8) is 0 Å². The van der Waals surface area contributed by atoms with E-state index in [0.717, 1.165) is 57.7 Å². The van der Waals surface area contributed by atoms with Crippen molar-refractivity contribution in [3.05, 3.63) is 0 Å². The van der Waals surface area contributed by atoms with Crippen LogP contribution < -0.4 is 0 Å². The summed E-state index contributed by atoms with van der Waals surface area (Å²) in [4.78, 5) is 10.4. The fourth-order valence-corrected chi connectivity index (χ4v) is 2.02. The molecule has 0 amide bonds. The predicted molar refractivity (Wildman–Crippen MR) is 74.4 cm³/mol. The van der Waals surface area contributed by atoms with Gasteiger partial charge in [0.25, 0.3) is 0 Å². The molecule has 0 aromatic heterocycles. The van der Waals surface area contributed by atoms with Gasteiger partial charge in [0, 0.05) is 12.5 Å². The Bertz CT molecular complexity index is 194. The lowest BCUT2D eigenvalue weighted by Crippen LogP contribution is -2.07. The topological polar surface area (TPSA) is 57.5 Å². The summed E-state index contributed by atoms with van der Waals surface area (Å²) in [5.41, 5.74) is 0. The van der Waals surface area contributed by atoms with Crippen LogP contribution in [0, 0.1) is 11.8 Å². The minimum absolute atomic E-state index is 0.155. The van der Waals surface area contributed by atoms with Crippen molar-refractivity contribution >= 4 is 6.29 Å². The van der Waals surface area contributed by atoms with Gasteiger partial charge < -0.3 is 15.0 Å². The summed E-state index contributed by atoms with van der Waals surface area (Å²) < 4.78 is 0. The Labute approximate surface area is 112 Å².